The van der Waals surface area contributed by atoms with Crippen LogP contribution in [0.2, 0.25) is 0 Å². The number of carbonyl (C=O) groups excluding carboxylic acids is 3. The Morgan fingerprint density at radius 2 is 1.55 bits per heavy atom. The molecular weight excluding hydrogens is 418 g/mol. The number of carbonyl (C=O) groups is 3. The van der Waals surface area contributed by atoms with E-state index < -0.39 is 5.97 Å². The summed E-state index contributed by atoms with van der Waals surface area (Å²) in [6.07, 6.45) is 0.399. The summed E-state index contributed by atoms with van der Waals surface area (Å²) in [6.45, 7) is 1.79. The van der Waals surface area contributed by atoms with Crippen LogP contribution < -0.4 is 16.0 Å². The van der Waals surface area contributed by atoms with Gasteiger partial charge in [0.05, 0.1) is 29.6 Å². The fourth-order valence-corrected chi connectivity index (χ4v) is 3.58. The van der Waals surface area contributed by atoms with Crippen molar-refractivity contribution < 1.29 is 19.1 Å². The average Bonchev–Trinajstić information content (AvgIpc) is 3.18. The molecule has 7 heteroatoms. The van der Waals surface area contributed by atoms with Crippen LogP contribution in [0.3, 0.4) is 0 Å². The normalized spacial score (nSPS) is 13.6. The molecule has 4 rings (SSSR count). The van der Waals surface area contributed by atoms with Crippen LogP contribution in [0.5, 0.6) is 0 Å². The molecule has 0 aliphatic carbocycles. The van der Waals surface area contributed by atoms with E-state index in [0.29, 0.717) is 40.2 Å². The quantitative estimate of drug-likeness (QED) is 0.379. The predicted molar refractivity (Wildman–Crippen MR) is 129 cm³/mol. The molecule has 3 aromatic rings. The van der Waals surface area contributed by atoms with Gasteiger partial charge in [0.25, 0.3) is 5.91 Å². The number of fused-ring (bicyclic) bond motifs is 1. The van der Waals surface area contributed by atoms with Gasteiger partial charge in [-0.3, -0.25) is 9.59 Å². The van der Waals surface area contributed by atoms with Crippen LogP contribution in [0.1, 0.15) is 34.8 Å². The van der Waals surface area contributed by atoms with Crippen LogP contribution in [0, 0.1) is 0 Å². The Hall–Kier alpha value is -4.39. The lowest BCUT2D eigenvalue weighted by Crippen LogP contribution is -2.11. The van der Waals surface area contributed by atoms with Crippen molar-refractivity contribution in [3.8, 4) is 0 Å². The molecule has 2 amide bonds. The number of esters is 1. The SMILES string of the molecule is CCC(=O)Nc1ccc(N/C(=C2\C(=O)Nc3cc(C(=O)OC)ccc32)c2ccccc2)cc1. The van der Waals surface area contributed by atoms with Crippen LogP contribution in [-0.2, 0) is 14.3 Å². The summed E-state index contributed by atoms with van der Waals surface area (Å²) in [5.41, 5.74) is 4.96. The molecule has 0 atom stereocenters. The van der Waals surface area contributed by atoms with Gasteiger partial charge in [-0.1, -0.05) is 43.3 Å². The molecule has 1 aliphatic heterocycles. The summed E-state index contributed by atoms with van der Waals surface area (Å²) in [7, 11) is 1.32. The average molecular weight is 441 g/mol. The van der Waals surface area contributed by atoms with Gasteiger partial charge < -0.3 is 20.7 Å². The molecular formula is C26H23N3O4. The van der Waals surface area contributed by atoms with Crippen molar-refractivity contribution in [1.82, 2.24) is 0 Å². The minimum atomic E-state index is -0.471. The molecule has 0 saturated carbocycles. The van der Waals surface area contributed by atoms with E-state index in [4.69, 9.17) is 4.74 Å². The van der Waals surface area contributed by atoms with Crippen molar-refractivity contribution in [1.29, 1.82) is 0 Å². The zero-order valence-electron chi connectivity index (χ0n) is 18.3. The number of hydrogen-bond acceptors (Lipinski definition) is 5. The van der Waals surface area contributed by atoms with Gasteiger partial charge in [-0.15, -0.1) is 0 Å². The maximum Gasteiger partial charge on any atom is 0.337 e. The second-order valence-electron chi connectivity index (χ2n) is 7.43. The van der Waals surface area contributed by atoms with Gasteiger partial charge in [0.15, 0.2) is 0 Å². The number of hydrogen-bond donors (Lipinski definition) is 3. The molecule has 0 radical (unpaired) electrons. The Bertz CT molecular complexity index is 1250. The molecule has 0 unspecified atom stereocenters. The van der Waals surface area contributed by atoms with Gasteiger partial charge in [0.2, 0.25) is 5.91 Å². The molecule has 0 aromatic heterocycles. The highest BCUT2D eigenvalue weighted by molar-refractivity contribution is 6.37. The van der Waals surface area contributed by atoms with Crippen molar-refractivity contribution in [2.75, 3.05) is 23.1 Å². The fourth-order valence-electron chi connectivity index (χ4n) is 3.58. The third-order valence-corrected chi connectivity index (χ3v) is 5.26. The monoisotopic (exact) mass is 441 g/mol. The Kier molecular flexibility index (Phi) is 6.22. The minimum absolute atomic E-state index is 0.0617. The van der Waals surface area contributed by atoms with Crippen molar-refractivity contribution in [3.63, 3.8) is 0 Å². The van der Waals surface area contributed by atoms with E-state index in [1.807, 2.05) is 42.5 Å². The van der Waals surface area contributed by atoms with Gasteiger partial charge in [0.1, 0.15) is 0 Å². The largest absolute Gasteiger partial charge is 0.465 e. The Morgan fingerprint density at radius 3 is 2.18 bits per heavy atom. The van der Waals surface area contributed by atoms with Gasteiger partial charge in [-0.05, 0) is 42.0 Å². The van der Waals surface area contributed by atoms with Crippen LogP contribution in [-0.4, -0.2) is 24.9 Å². The zero-order chi connectivity index (χ0) is 23.4. The number of nitrogens with one attached hydrogen (secondary N) is 3. The smallest absolute Gasteiger partial charge is 0.337 e. The molecule has 0 fully saturated rings. The number of amides is 2. The first kappa shape index (κ1) is 21.8. The van der Waals surface area contributed by atoms with Gasteiger partial charge in [-0.25, -0.2) is 4.79 Å². The minimum Gasteiger partial charge on any atom is -0.465 e. The molecule has 166 valence electrons. The van der Waals surface area contributed by atoms with Crippen molar-refractivity contribution in [3.05, 3.63) is 89.5 Å². The summed E-state index contributed by atoms with van der Waals surface area (Å²) in [6, 6.07) is 21.8. The third-order valence-electron chi connectivity index (χ3n) is 5.26. The molecule has 7 nitrogen and oxygen atoms in total. The zero-order valence-corrected chi connectivity index (χ0v) is 18.3. The van der Waals surface area contributed by atoms with Gasteiger partial charge in [0, 0.05) is 23.4 Å². The third kappa shape index (κ3) is 4.62. The summed E-state index contributed by atoms with van der Waals surface area (Å²) in [5, 5.41) is 9.03. The molecule has 1 aliphatic rings. The molecule has 0 spiro atoms. The fraction of sp³-hybridized carbons (Fsp3) is 0.115. The first-order valence-corrected chi connectivity index (χ1v) is 10.5. The second kappa shape index (κ2) is 9.40. The molecule has 33 heavy (non-hydrogen) atoms. The Labute approximate surface area is 191 Å². The van der Waals surface area contributed by atoms with Crippen molar-refractivity contribution in [2.45, 2.75) is 13.3 Å². The maximum atomic E-state index is 13.0. The highest BCUT2D eigenvalue weighted by Crippen LogP contribution is 2.38. The Balaban J connectivity index is 1.75. The first-order valence-electron chi connectivity index (χ1n) is 10.5. The predicted octanol–water partition coefficient (Wildman–Crippen LogP) is 4.75. The highest BCUT2D eigenvalue weighted by Gasteiger charge is 2.29. The van der Waals surface area contributed by atoms with Crippen molar-refractivity contribution >= 4 is 46.1 Å². The van der Waals surface area contributed by atoms with E-state index in [9.17, 15) is 14.4 Å². The maximum absolute atomic E-state index is 13.0. The highest BCUT2D eigenvalue weighted by atomic mass is 16.5. The standard InChI is InChI=1S/C26H23N3O4/c1-3-22(30)27-18-10-12-19(13-11-18)28-24(16-7-5-4-6-8-16)23-20-14-9-17(26(32)33-2)15-21(20)29-25(23)31/h4-15,28H,3H2,1-2H3,(H,27,30)(H,29,31)/b24-23-. The number of anilines is 3. The van der Waals surface area contributed by atoms with Crippen LogP contribution in [0.4, 0.5) is 17.1 Å². The number of ether oxygens (including phenoxy) is 1. The lowest BCUT2D eigenvalue weighted by atomic mass is 9.99. The summed E-state index contributed by atoms with van der Waals surface area (Å²) >= 11 is 0. The van der Waals surface area contributed by atoms with Crippen molar-refractivity contribution in [2.24, 2.45) is 0 Å². The first-order chi connectivity index (χ1) is 16.0. The number of rotatable bonds is 6. The van der Waals surface area contributed by atoms with Crippen LogP contribution in [0.15, 0.2) is 72.8 Å². The molecule has 3 aromatic carbocycles. The van der Waals surface area contributed by atoms with E-state index in [1.54, 1.807) is 37.3 Å². The Morgan fingerprint density at radius 1 is 0.879 bits per heavy atom. The molecule has 0 saturated heterocycles. The number of methoxy groups -OCH3 is 1. The molecule has 1 heterocycles. The molecule has 3 N–H and O–H groups in total. The lowest BCUT2D eigenvalue weighted by molar-refractivity contribution is -0.116. The van der Waals surface area contributed by atoms with E-state index >= 15 is 0 Å². The topological polar surface area (TPSA) is 96.5 Å². The van der Waals surface area contributed by atoms with E-state index in [1.165, 1.54) is 7.11 Å². The summed E-state index contributed by atoms with van der Waals surface area (Å²) in [4.78, 5) is 36.6. The van der Waals surface area contributed by atoms with E-state index in [0.717, 1.165) is 11.3 Å². The summed E-state index contributed by atoms with van der Waals surface area (Å²) < 4.78 is 4.78. The summed E-state index contributed by atoms with van der Waals surface area (Å²) in [5.74, 6) is -0.806. The van der Waals surface area contributed by atoms with Crippen LogP contribution in [0.25, 0.3) is 11.3 Å². The van der Waals surface area contributed by atoms with E-state index in [2.05, 4.69) is 16.0 Å². The van der Waals surface area contributed by atoms with E-state index in [-0.39, 0.29) is 11.8 Å². The molecule has 0 bridgehead atoms. The van der Waals surface area contributed by atoms with Crippen LogP contribution >= 0.6 is 0 Å². The van der Waals surface area contributed by atoms with Gasteiger partial charge >= 0.3 is 5.97 Å². The number of benzene rings is 3. The lowest BCUT2D eigenvalue weighted by Gasteiger charge is -2.15. The second-order valence-corrected chi connectivity index (χ2v) is 7.43. The van der Waals surface area contributed by atoms with Gasteiger partial charge in [-0.2, -0.15) is 0 Å².